The summed E-state index contributed by atoms with van der Waals surface area (Å²) in [6, 6.07) is 22.7. The van der Waals surface area contributed by atoms with Gasteiger partial charge < -0.3 is 26.1 Å². The number of methoxy groups -OCH3 is 1. The Labute approximate surface area is 211 Å². The Morgan fingerprint density at radius 2 is 1.75 bits per heavy atom. The van der Waals surface area contributed by atoms with Crippen LogP contribution in [0.2, 0.25) is 0 Å². The molecule has 0 radical (unpaired) electrons. The molecular weight excluding hydrogens is 452 g/mol. The topological polar surface area (TPSA) is 114 Å². The molecule has 0 spiro atoms. The van der Waals surface area contributed by atoms with Gasteiger partial charge in [-0.3, -0.25) is 9.59 Å². The number of amides is 2. The molecular formula is C29H32N4O3. The van der Waals surface area contributed by atoms with Crippen molar-refractivity contribution in [1.82, 2.24) is 9.88 Å². The zero-order chi connectivity index (χ0) is 25.7. The normalized spacial score (nSPS) is 12.8. The Hall–Kier alpha value is -4.10. The average molecular weight is 485 g/mol. The van der Waals surface area contributed by atoms with Gasteiger partial charge in [0.2, 0.25) is 5.91 Å². The number of hydrogen-bond donors (Lipinski definition) is 3. The fourth-order valence-corrected chi connectivity index (χ4v) is 5.02. The Balaban J connectivity index is 1.90. The van der Waals surface area contributed by atoms with Crippen molar-refractivity contribution in [2.45, 2.75) is 25.3 Å². The first-order valence-corrected chi connectivity index (χ1v) is 12.0. The van der Waals surface area contributed by atoms with E-state index in [1.54, 1.807) is 18.1 Å². The molecule has 1 aromatic heterocycles. The minimum atomic E-state index is -1.53. The highest BCUT2D eigenvalue weighted by molar-refractivity contribution is 5.95. The van der Waals surface area contributed by atoms with Crippen LogP contribution in [-0.4, -0.2) is 41.9 Å². The summed E-state index contributed by atoms with van der Waals surface area (Å²) in [6.45, 7) is 2.32. The van der Waals surface area contributed by atoms with E-state index in [-0.39, 0.29) is 25.4 Å². The minimum absolute atomic E-state index is 0.0882. The third kappa shape index (κ3) is 4.45. The van der Waals surface area contributed by atoms with E-state index in [2.05, 4.69) is 4.98 Å². The summed E-state index contributed by atoms with van der Waals surface area (Å²) in [5.74, 6) is -0.220. The van der Waals surface area contributed by atoms with Crippen LogP contribution < -0.4 is 16.2 Å². The molecule has 0 aliphatic rings. The second kappa shape index (κ2) is 10.7. The molecule has 7 heteroatoms. The summed E-state index contributed by atoms with van der Waals surface area (Å²) in [7, 11) is 1.59. The lowest BCUT2D eigenvalue weighted by molar-refractivity contribution is -0.144. The second-order valence-electron chi connectivity index (χ2n) is 8.82. The van der Waals surface area contributed by atoms with Crippen molar-refractivity contribution in [1.29, 1.82) is 0 Å². The van der Waals surface area contributed by atoms with Crippen LogP contribution in [-0.2, 0) is 21.5 Å². The van der Waals surface area contributed by atoms with E-state index < -0.39 is 11.4 Å². The summed E-state index contributed by atoms with van der Waals surface area (Å²) < 4.78 is 5.40. The van der Waals surface area contributed by atoms with Gasteiger partial charge in [-0.15, -0.1) is 0 Å². The molecule has 1 heterocycles. The molecule has 7 nitrogen and oxygen atoms in total. The number of aromatic nitrogens is 1. The van der Waals surface area contributed by atoms with Crippen molar-refractivity contribution in [3.63, 3.8) is 0 Å². The summed E-state index contributed by atoms with van der Waals surface area (Å²) in [4.78, 5) is 32.2. The van der Waals surface area contributed by atoms with Crippen LogP contribution in [0.15, 0.2) is 79.0 Å². The Morgan fingerprint density at radius 1 is 1.03 bits per heavy atom. The van der Waals surface area contributed by atoms with Crippen molar-refractivity contribution >= 4 is 22.7 Å². The van der Waals surface area contributed by atoms with E-state index >= 15 is 0 Å². The molecule has 0 aliphatic heterocycles. The number of primary amides is 1. The number of aromatic amines is 1. The van der Waals surface area contributed by atoms with Gasteiger partial charge in [-0.05, 0) is 53.8 Å². The fraction of sp³-hybridized carbons (Fsp3) is 0.241. The number of fused-ring (bicyclic) bond motifs is 1. The molecule has 36 heavy (non-hydrogen) atoms. The van der Waals surface area contributed by atoms with Crippen LogP contribution in [0.5, 0.6) is 5.75 Å². The number of carbonyl (C=O) groups excluding carboxylic acids is 2. The van der Waals surface area contributed by atoms with E-state index in [4.69, 9.17) is 16.2 Å². The maximum Gasteiger partial charge on any atom is 0.252 e. The van der Waals surface area contributed by atoms with E-state index in [0.717, 1.165) is 22.0 Å². The number of H-pyrrole nitrogens is 1. The number of nitrogens with zero attached hydrogens (tertiary/aromatic N) is 1. The highest BCUT2D eigenvalue weighted by atomic mass is 16.5. The van der Waals surface area contributed by atoms with Gasteiger partial charge in [0, 0.05) is 36.6 Å². The average Bonchev–Trinajstić information content (AvgIpc) is 3.30. The van der Waals surface area contributed by atoms with Gasteiger partial charge in [0.1, 0.15) is 5.75 Å². The molecule has 1 unspecified atom stereocenters. The lowest BCUT2D eigenvalue weighted by atomic mass is 9.77. The van der Waals surface area contributed by atoms with Crippen molar-refractivity contribution in [2.75, 3.05) is 20.2 Å². The van der Waals surface area contributed by atoms with Gasteiger partial charge in [-0.1, -0.05) is 54.6 Å². The summed E-state index contributed by atoms with van der Waals surface area (Å²) in [6.07, 6.45) is 2.56. The predicted molar refractivity (Wildman–Crippen MR) is 142 cm³/mol. The number of hydrogen-bond acceptors (Lipinski definition) is 4. The van der Waals surface area contributed by atoms with Gasteiger partial charge in [0.05, 0.1) is 7.11 Å². The van der Waals surface area contributed by atoms with Crippen LogP contribution in [0, 0.1) is 6.92 Å². The Bertz CT molecular complexity index is 1370. The monoisotopic (exact) mass is 484 g/mol. The SMILES string of the molecule is COc1ccc(C(C(N)=O)(c2ccccc2)N(CCc2c[nH]c3ccccc23)C(=O)CCN)c(C)c1. The van der Waals surface area contributed by atoms with Crippen LogP contribution in [0.25, 0.3) is 10.9 Å². The molecule has 2 amide bonds. The highest BCUT2D eigenvalue weighted by Gasteiger charge is 2.48. The number of ether oxygens (including phenoxy) is 1. The molecule has 0 fully saturated rings. The molecule has 0 bridgehead atoms. The molecule has 4 aromatic rings. The van der Waals surface area contributed by atoms with Gasteiger partial charge in [0.15, 0.2) is 5.54 Å². The number of benzene rings is 3. The fourth-order valence-electron chi connectivity index (χ4n) is 5.02. The highest BCUT2D eigenvalue weighted by Crippen LogP contribution is 2.39. The van der Waals surface area contributed by atoms with Gasteiger partial charge in [-0.2, -0.15) is 0 Å². The largest absolute Gasteiger partial charge is 0.497 e. The molecule has 3 aromatic carbocycles. The molecule has 4 rings (SSSR count). The van der Waals surface area contributed by atoms with E-state index in [1.807, 2.05) is 79.9 Å². The zero-order valence-corrected chi connectivity index (χ0v) is 20.7. The van der Waals surface area contributed by atoms with Crippen LogP contribution >= 0.6 is 0 Å². The molecule has 0 saturated heterocycles. The lowest BCUT2D eigenvalue weighted by Gasteiger charge is -2.43. The number of para-hydroxylation sites is 1. The molecule has 186 valence electrons. The van der Waals surface area contributed by atoms with Crippen LogP contribution in [0.1, 0.15) is 28.7 Å². The number of rotatable bonds is 10. The third-order valence-electron chi connectivity index (χ3n) is 6.72. The van der Waals surface area contributed by atoms with Crippen molar-refractivity contribution in [3.8, 4) is 5.75 Å². The van der Waals surface area contributed by atoms with E-state index in [0.29, 0.717) is 23.3 Å². The van der Waals surface area contributed by atoms with Crippen molar-refractivity contribution in [3.05, 3.63) is 101 Å². The second-order valence-corrected chi connectivity index (χ2v) is 8.82. The Kier molecular flexibility index (Phi) is 7.41. The van der Waals surface area contributed by atoms with E-state index in [1.165, 1.54) is 0 Å². The zero-order valence-electron chi connectivity index (χ0n) is 20.7. The maximum atomic E-state index is 13.7. The summed E-state index contributed by atoms with van der Waals surface area (Å²) in [5, 5.41) is 1.08. The molecule has 1 atom stereocenters. The van der Waals surface area contributed by atoms with E-state index in [9.17, 15) is 9.59 Å². The van der Waals surface area contributed by atoms with Crippen LogP contribution in [0.4, 0.5) is 0 Å². The van der Waals surface area contributed by atoms with Crippen molar-refractivity contribution < 1.29 is 14.3 Å². The summed E-state index contributed by atoms with van der Waals surface area (Å²) in [5.41, 5.74) is 14.6. The molecule has 0 saturated carbocycles. The molecule has 5 N–H and O–H groups in total. The third-order valence-corrected chi connectivity index (χ3v) is 6.72. The maximum absolute atomic E-state index is 13.7. The number of aryl methyl sites for hydroxylation is 1. The first kappa shape index (κ1) is 25.0. The first-order valence-electron chi connectivity index (χ1n) is 12.0. The predicted octanol–water partition coefficient (Wildman–Crippen LogP) is 3.63. The summed E-state index contributed by atoms with van der Waals surface area (Å²) >= 11 is 0. The van der Waals surface area contributed by atoms with Gasteiger partial charge in [0.25, 0.3) is 5.91 Å². The first-order chi connectivity index (χ1) is 17.4. The quantitative estimate of drug-likeness (QED) is 0.319. The number of nitrogens with one attached hydrogen (secondary N) is 1. The smallest absolute Gasteiger partial charge is 0.252 e. The Morgan fingerprint density at radius 3 is 2.42 bits per heavy atom. The molecule has 0 aliphatic carbocycles. The minimum Gasteiger partial charge on any atom is -0.497 e. The van der Waals surface area contributed by atoms with Crippen molar-refractivity contribution in [2.24, 2.45) is 11.5 Å². The van der Waals surface area contributed by atoms with Gasteiger partial charge in [-0.25, -0.2) is 0 Å². The van der Waals surface area contributed by atoms with Gasteiger partial charge >= 0.3 is 0 Å². The number of nitrogens with two attached hydrogens (primary N) is 2. The standard InChI is InChI=1S/C29H32N4O3/c1-20-18-23(36-2)12-13-25(20)29(28(31)35,22-8-4-3-5-9-22)33(27(34)14-16-30)17-15-21-19-32-26-11-7-6-10-24(21)26/h3-13,18-19,32H,14-17,30H2,1-2H3,(H2,31,35). The lowest BCUT2D eigenvalue weighted by Crippen LogP contribution is -2.59. The van der Waals surface area contributed by atoms with Crippen LogP contribution in [0.3, 0.4) is 0 Å². The number of carbonyl (C=O) groups is 2.